The molecule has 0 radical (unpaired) electrons. The molecule has 96 valence electrons. The van der Waals surface area contributed by atoms with Gasteiger partial charge < -0.3 is 5.11 Å². The van der Waals surface area contributed by atoms with E-state index in [0.717, 1.165) is 43.3 Å². The Morgan fingerprint density at radius 3 is 2.78 bits per heavy atom. The average molecular weight is 243 g/mol. The standard InChI is InChI=1S/C16H21NO/c1-2-6-15(18)9-5-8-14-12-11-13-7-3-4-10-16(13)17-14/h3-4,7,10-12,15,18H,2,5-6,8-9H2,1H3. The maximum absolute atomic E-state index is 9.68. The molecule has 1 aromatic carbocycles. The fourth-order valence-corrected chi connectivity index (χ4v) is 2.24. The van der Waals surface area contributed by atoms with Gasteiger partial charge in [0.05, 0.1) is 11.6 Å². The third-order valence-corrected chi connectivity index (χ3v) is 3.25. The molecular formula is C16H21NO. The third-order valence-electron chi connectivity index (χ3n) is 3.25. The van der Waals surface area contributed by atoms with Crippen molar-refractivity contribution in [1.82, 2.24) is 4.98 Å². The highest BCUT2D eigenvalue weighted by Gasteiger charge is 2.03. The molecule has 0 aliphatic rings. The predicted molar refractivity (Wildman–Crippen MR) is 75.6 cm³/mol. The molecule has 0 spiro atoms. The molecule has 0 fully saturated rings. The fourth-order valence-electron chi connectivity index (χ4n) is 2.24. The second-order valence-corrected chi connectivity index (χ2v) is 4.83. The topological polar surface area (TPSA) is 33.1 Å². The number of hydrogen-bond acceptors (Lipinski definition) is 2. The maximum Gasteiger partial charge on any atom is 0.0705 e. The minimum Gasteiger partial charge on any atom is -0.393 e. The lowest BCUT2D eigenvalue weighted by Crippen LogP contribution is -2.06. The van der Waals surface area contributed by atoms with Crippen LogP contribution in [0, 0.1) is 0 Å². The Hall–Kier alpha value is -1.41. The first-order valence-electron chi connectivity index (χ1n) is 6.82. The van der Waals surface area contributed by atoms with Crippen molar-refractivity contribution in [3.05, 3.63) is 42.1 Å². The summed E-state index contributed by atoms with van der Waals surface area (Å²) >= 11 is 0. The Bertz CT molecular complexity index is 495. The quantitative estimate of drug-likeness (QED) is 0.838. The van der Waals surface area contributed by atoms with Crippen LogP contribution in [0.5, 0.6) is 0 Å². The summed E-state index contributed by atoms with van der Waals surface area (Å²) in [6, 6.07) is 12.4. The number of pyridine rings is 1. The number of aryl methyl sites for hydroxylation is 1. The molecule has 18 heavy (non-hydrogen) atoms. The van der Waals surface area contributed by atoms with Crippen LogP contribution < -0.4 is 0 Å². The number of rotatable bonds is 6. The van der Waals surface area contributed by atoms with E-state index >= 15 is 0 Å². The number of aliphatic hydroxyl groups is 1. The lowest BCUT2D eigenvalue weighted by molar-refractivity contribution is 0.151. The summed E-state index contributed by atoms with van der Waals surface area (Å²) in [4.78, 5) is 4.64. The summed E-state index contributed by atoms with van der Waals surface area (Å²) in [7, 11) is 0. The van der Waals surface area contributed by atoms with E-state index in [9.17, 15) is 5.11 Å². The van der Waals surface area contributed by atoms with Gasteiger partial charge in [-0.3, -0.25) is 4.98 Å². The van der Waals surface area contributed by atoms with Crippen LogP contribution in [0.3, 0.4) is 0 Å². The van der Waals surface area contributed by atoms with Gasteiger partial charge in [0.2, 0.25) is 0 Å². The van der Waals surface area contributed by atoms with Gasteiger partial charge in [-0.2, -0.15) is 0 Å². The molecule has 0 aliphatic carbocycles. The molecule has 2 rings (SSSR count). The van der Waals surface area contributed by atoms with Crippen LogP contribution in [-0.4, -0.2) is 16.2 Å². The smallest absolute Gasteiger partial charge is 0.0705 e. The predicted octanol–water partition coefficient (Wildman–Crippen LogP) is 3.72. The van der Waals surface area contributed by atoms with E-state index < -0.39 is 0 Å². The molecule has 1 atom stereocenters. The molecule has 0 amide bonds. The van der Waals surface area contributed by atoms with Crippen LogP contribution in [-0.2, 0) is 6.42 Å². The van der Waals surface area contributed by atoms with Crippen LogP contribution >= 0.6 is 0 Å². The van der Waals surface area contributed by atoms with Crippen molar-refractivity contribution in [2.45, 2.75) is 45.1 Å². The summed E-state index contributed by atoms with van der Waals surface area (Å²) in [5, 5.41) is 10.9. The van der Waals surface area contributed by atoms with Gasteiger partial charge in [0.15, 0.2) is 0 Å². The number of para-hydroxylation sites is 1. The van der Waals surface area contributed by atoms with Crippen LogP contribution in [0.15, 0.2) is 36.4 Å². The molecule has 2 nitrogen and oxygen atoms in total. The molecule has 1 N–H and O–H groups in total. The van der Waals surface area contributed by atoms with Gasteiger partial charge in [-0.15, -0.1) is 0 Å². The van der Waals surface area contributed by atoms with Crippen LogP contribution in [0.2, 0.25) is 0 Å². The van der Waals surface area contributed by atoms with Crippen LogP contribution in [0.4, 0.5) is 0 Å². The first kappa shape index (κ1) is 13.0. The van der Waals surface area contributed by atoms with Crippen molar-refractivity contribution in [3.63, 3.8) is 0 Å². The lowest BCUT2D eigenvalue weighted by Gasteiger charge is -2.08. The zero-order valence-corrected chi connectivity index (χ0v) is 11.0. The summed E-state index contributed by atoms with van der Waals surface area (Å²) in [5.41, 5.74) is 2.18. The minimum absolute atomic E-state index is 0.143. The number of hydrogen-bond donors (Lipinski definition) is 1. The summed E-state index contributed by atoms with van der Waals surface area (Å²) in [5.74, 6) is 0. The molecule has 0 saturated carbocycles. The van der Waals surface area contributed by atoms with E-state index in [1.807, 2.05) is 18.2 Å². The Balaban J connectivity index is 1.91. The van der Waals surface area contributed by atoms with Gasteiger partial charge in [-0.25, -0.2) is 0 Å². The van der Waals surface area contributed by atoms with E-state index in [1.54, 1.807) is 0 Å². The zero-order valence-electron chi connectivity index (χ0n) is 11.0. The Kier molecular flexibility index (Phi) is 4.71. The normalized spacial score (nSPS) is 12.8. The second kappa shape index (κ2) is 6.50. The molecule has 2 heteroatoms. The van der Waals surface area contributed by atoms with Crippen molar-refractivity contribution in [1.29, 1.82) is 0 Å². The van der Waals surface area contributed by atoms with Gasteiger partial charge in [-0.05, 0) is 37.8 Å². The summed E-state index contributed by atoms with van der Waals surface area (Å²) < 4.78 is 0. The van der Waals surface area contributed by atoms with Gasteiger partial charge in [0.1, 0.15) is 0 Å². The summed E-state index contributed by atoms with van der Waals surface area (Å²) in [6.45, 7) is 2.11. The number of benzene rings is 1. The minimum atomic E-state index is -0.143. The van der Waals surface area contributed by atoms with Crippen molar-refractivity contribution >= 4 is 10.9 Å². The highest BCUT2D eigenvalue weighted by atomic mass is 16.3. The largest absolute Gasteiger partial charge is 0.393 e. The Labute approximate surface area is 109 Å². The molecule has 1 unspecified atom stereocenters. The van der Waals surface area contributed by atoms with E-state index in [-0.39, 0.29) is 6.10 Å². The number of aliphatic hydroxyl groups excluding tert-OH is 1. The van der Waals surface area contributed by atoms with Crippen molar-refractivity contribution in [2.24, 2.45) is 0 Å². The molecule has 1 heterocycles. The molecule has 2 aromatic rings. The Morgan fingerprint density at radius 1 is 1.11 bits per heavy atom. The monoisotopic (exact) mass is 243 g/mol. The second-order valence-electron chi connectivity index (χ2n) is 4.83. The molecule has 0 bridgehead atoms. The van der Waals surface area contributed by atoms with Crippen molar-refractivity contribution in [3.8, 4) is 0 Å². The zero-order chi connectivity index (χ0) is 12.8. The van der Waals surface area contributed by atoms with E-state index in [2.05, 4.69) is 30.1 Å². The summed E-state index contributed by atoms with van der Waals surface area (Å²) in [6.07, 6.45) is 4.65. The first-order chi connectivity index (χ1) is 8.79. The highest BCUT2D eigenvalue weighted by Crippen LogP contribution is 2.14. The van der Waals surface area contributed by atoms with Crippen molar-refractivity contribution in [2.75, 3.05) is 0 Å². The number of aromatic nitrogens is 1. The molecule has 1 aromatic heterocycles. The molecular weight excluding hydrogens is 222 g/mol. The van der Waals surface area contributed by atoms with Crippen LogP contribution in [0.1, 0.15) is 38.3 Å². The molecule has 0 saturated heterocycles. The van der Waals surface area contributed by atoms with E-state index in [0.29, 0.717) is 0 Å². The van der Waals surface area contributed by atoms with E-state index in [1.165, 1.54) is 5.39 Å². The number of fused-ring (bicyclic) bond motifs is 1. The van der Waals surface area contributed by atoms with Crippen LogP contribution in [0.25, 0.3) is 10.9 Å². The average Bonchev–Trinajstić information content (AvgIpc) is 2.39. The maximum atomic E-state index is 9.68. The van der Waals surface area contributed by atoms with Gasteiger partial charge in [0, 0.05) is 11.1 Å². The molecule has 0 aliphatic heterocycles. The third kappa shape index (κ3) is 3.54. The Morgan fingerprint density at radius 2 is 1.94 bits per heavy atom. The van der Waals surface area contributed by atoms with Gasteiger partial charge in [0.25, 0.3) is 0 Å². The highest BCUT2D eigenvalue weighted by molar-refractivity contribution is 5.78. The van der Waals surface area contributed by atoms with Crippen molar-refractivity contribution < 1.29 is 5.11 Å². The first-order valence-corrected chi connectivity index (χ1v) is 6.82. The van der Waals surface area contributed by atoms with Gasteiger partial charge in [-0.1, -0.05) is 37.6 Å². The SMILES string of the molecule is CCCC(O)CCCc1ccc2ccccc2n1. The van der Waals surface area contributed by atoms with Gasteiger partial charge >= 0.3 is 0 Å². The fraction of sp³-hybridized carbons (Fsp3) is 0.438. The number of nitrogens with zero attached hydrogens (tertiary/aromatic N) is 1. The lowest BCUT2D eigenvalue weighted by atomic mass is 10.1. The van der Waals surface area contributed by atoms with E-state index in [4.69, 9.17) is 0 Å².